The molecular weight excluding hydrogens is 228 g/mol. The molecule has 0 aliphatic carbocycles. The number of aliphatic hydroxyl groups excluding tert-OH is 1. The molecule has 0 spiro atoms. The number of carboxylic acid groups (broad SMARTS) is 1. The molecule has 7 nitrogen and oxygen atoms in total. The monoisotopic (exact) mass is 246 g/mol. The van der Waals surface area contributed by atoms with Crippen molar-refractivity contribution in [3.8, 4) is 0 Å². The van der Waals surface area contributed by atoms with Gasteiger partial charge < -0.3 is 25.2 Å². The van der Waals surface area contributed by atoms with Crippen molar-refractivity contribution in [1.29, 1.82) is 0 Å². The second kappa shape index (κ2) is 6.41. The number of aliphatic carboxylic acids is 1. The number of nitrogens with one attached hydrogen (secondary N) is 1. The first-order chi connectivity index (χ1) is 8.08. The number of amides is 2. The fraction of sp³-hybridized carbons (Fsp3) is 0.800. The number of carbonyl (C=O) groups is 2. The Morgan fingerprint density at radius 3 is 2.76 bits per heavy atom. The SMILES string of the molecule is COC(CNC(=O)N1CCC(CO)C1)C(=O)O. The minimum absolute atomic E-state index is 0.0645. The third-order valence-electron chi connectivity index (χ3n) is 2.83. The molecule has 1 aliphatic heterocycles. The largest absolute Gasteiger partial charge is 0.479 e. The van der Waals surface area contributed by atoms with Crippen molar-refractivity contribution in [2.24, 2.45) is 5.92 Å². The van der Waals surface area contributed by atoms with Gasteiger partial charge in [0, 0.05) is 32.7 Å². The van der Waals surface area contributed by atoms with E-state index in [2.05, 4.69) is 5.32 Å². The molecule has 0 radical (unpaired) electrons. The summed E-state index contributed by atoms with van der Waals surface area (Å²) in [6, 6.07) is -0.316. The van der Waals surface area contributed by atoms with Crippen LogP contribution in [-0.4, -0.2) is 66.6 Å². The fourth-order valence-electron chi connectivity index (χ4n) is 1.73. The maximum Gasteiger partial charge on any atom is 0.334 e. The van der Waals surface area contributed by atoms with Crippen LogP contribution < -0.4 is 5.32 Å². The molecule has 0 saturated carbocycles. The van der Waals surface area contributed by atoms with Crippen LogP contribution in [0.5, 0.6) is 0 Å². The number of rotatable bonds is 5. The van der Waals surface area contributed by atoms with E-state index in [0.29, 0.717) is 13.1 Å². The zero-order valence-corrected chi connectivity index (χ0v) is 9.76. The highest BCUT2D eigenvalue weighted by molar-refractivity contribution is 5.77. The van der Waals surface area contributed by atoms with Crippen molar-refractivity contribution in [2.75, 3.05) is 33.4 Å². The van der Waals surface area contributed by atoms with Crippen LogP contribution in [0.3, 0.4) is 0 Å². The highest BCUT2D eigenvalue weighted by atomic mass is 16.5. The summed E-state index contributed by atoms with van der Waals surface area (Å²) >= 11 is 0. The Hall–Kier alpha value is -1.34. The summed E-state index contributed by atoms with van der Waals surface area (Å²) in [5.74, 6) is -0.985. The van der Waals surface area contributed by atoms with Gasteiger partial charge >= 0.3 is 12.0 Å². The van der Waals surface area contributed by atoms with E-state index >= 15 is 0 Å². The van der Waals surface area contributed by atoms with Crippen molar-refractivity contribution in [1.82, 2.24) is 10.2 Å². The first-order valence-electron chi connectivity index (χ1n) is 5.47. The summed E-state index contributed by atoms with van der Waals surface area (Å²) < 4.78 is 4.69. The Labute approximate surface area is 99.4 Å². The lowest BCUT2D eigenvalue weighted by molar-refractivity contribution is -0.148. The summed E-state index contributed by atoms with van der Waals surface area (Å²) in [6.07, 6.45) is -0.258. The Morgan fingerprint density at radius 2 is 2.29 bits per heavy atom. The van der Waals surface area contributed by atoms with E-state index in [4.69, 9.17) is 14.9 Å². The van der Waals surface area contributed by atoms with Crippen LogP contribution >= 0.6 is 0 Å². The average Bonchev–Trinajstić information content (AvgIpc) is 2.77. The summed E-state index contributed by atoms with van der Waals surface area (Å²) in [7, 11) is 1.28. The number of ether oxygens (including phenoxy) is 1. The van der Waals surface area contributed by atoms with Crippen LogP contribution in [0.4, 0.5) is 4.79 Å². The van der Waals surface area contributed by atoms with Crippen LogP contribution in [-0.2, 0) is 9.53 Å². The Morgan fingerprint density at radius 1 is 1.59 bits per heavy atom. The average molecular weight is 246 g/mol. The van der Waals surface area contributed by atoms with Crippen molar-refractivity contribution in [3.63, 3.8) is 0 Å². The van der Waals surface area contributed by atoms with Crippen molar-refractivity contribution in [2.45, 2.75) is 12.5 Å². The Balaban J connectivity index is 2.32. The zero-order chi connectivity index (χ0) is 12.8. The van der Waals surface area contributed by atoms with Crippen LogP contribution in [0.2, 0.25) is 0 Å². The molecule has 0 aromatic carbocycles. The number of methoxy groups -OCH3 is 1. The fourth-order valence-corrected chi connectivity index (χ4v) is 1.73. The van der Waals surface area contributed by atoms with E-state index in [1.54, 1.807) is 4.90 Å². The molecule has 2 unspecified atom stereocenters. The quantitative estimate of drug-likeness (QED) is 0.584. The van der Waals surface area contributed by atoms with E-state index in [0.717, 1.165) is 6.42 Å². The number of nitrogens with zero attached hydrogens (tertiary/aromatic N) is 1. The summed E-state index contributed by atoms with van der Waals surface area (Å²) in [5, 5.41) is 20.1. The highest BCUT2D eigenvalue weighted by Crippen LogP contribution is 2.14. The number of carboxylic acids is 1. The molecule has 0 bridgehead atoms. The van der Waals surface area contributed by atoms with Gasteiger partial charge in [0.25, 0.3) is 0 Å². The molecule has 1 rings (SSSR count). The lowest BCUT2D eigenvalue weighted by Crippen LogP contribution is -2.44. The van der Waals surface area contributed by atoms with E-state index in [-0.39, 0.29) is 25.1 Å². The van der Waals surface area contributed by atoms with Gasteiger partial charge in [-0.15, -0.1) is 0 Å². The summed E-state index contributed by atoms with van der Waals surface area (Å²) in [5.41, 5.74) is 0. The molecule has 1 aliphatic rings. The second-order valence-electron chi connectivity index (χ2n) is 4.03. The van der Waals surface area contributed by atoms with E-state index in [1.165, 1.54) is 7.11 Å². The Bertz CT molecular complexity index is 284. The van der Waals surface area contributed by atoms with E-state index in [9.17, 15) is 9.59 Å². The van der Waals surface area contributed by atoms with Crippen LogP contribution in [0.15, 0.2) is 0 Å². The van der Waals surface area contributed by atoms with Gasteiger partial charge in [-0.05, 0) is 6.42 Å². The maximum atomic E-state index is 11.6. The molecule has 2 atom stereocenters. The molecule has 17 heavy (non-hydrogen) atoms. The predicted molar refractivity (Wildman–Crippen MR) is 58.6 cm³/mol. The molecule has 7 heteroatoms. The van der Waals surface area contributed by atoms with Gasteiger partial charge in [0.05, 0.1) is 6.54 Å². The number of carbonyl (C=O) groups excluding carboxylic acids is 1. The molecule has 2 amide bonds. The third-order valence-corrected chi connectivity index (χ3v) is 2.83. The van der Waals surface area contributed by atoms with Gasteiger partial charge in [0.15, 0.2) is 6.10 Å². The first kappa shape index (κ1) is 13.7. The molecule has 1 fully saturated rings. The summed E-state index contributed by atoms with van der Waals surface area (Å²) in [4.78, 5) is 23.8. The van der Waals surface area contributed by atoms with E-state index in [1.807, 2.05) is 0 Å². The molecule has 1 saturated heterocycles. The zero-order valence-electron chi connectivity index (χ0n) is 9.76. The predicted octanol–water partition coefficient (Wildman–Crippen LogP) is -0.890. The van der Waals surface area contributed by atoms with Crippen LogP contribution in [0.1, 0.15) is 6.42 Å². The molecule has 98 valence electrons. The van der Waals surface area contributed by atoms with Crippen LogP contribution in [0, 0.1) is 5.92 Å². The second-order valence-corrected chi connectivity index (χ2v) is 4.03. The lowest BCUT2D eigenvalue weighted by Gasteiger charge is -2.18. The van der Waals surface area contributed by atoms with Gasteiger partial charge in [0.1, 0.15) is 0 Å². The number of likely N-dealkylation sites (tertiary alicyclic amines) is 1. The first-order valence-corrected chi connectivity index (χ1v) is 5.47. The lowest BCUT2D eigenvalue weighted by atomic mass is 10.1. The highest BCUT2D eigenvalue weighted by Gasteiger charge is 2.26. The molecule has 1 heterocycles. The van der Waals surface area contributed by atoms with Crippen molar-refractivity contribution >= 4 is 12.0 Å². The number of urea groups is 1. The van der Waals surface area contributed by atoms with Gasteiger partial charge in [-0.1, -0.05) is 0 Å². The standard InChI is InChI=1S/C10H18N2O5/c1-17-8(9(14)15)4-11-10(16)12-3-2-7(5-12)6-13/h7-8,13H,2-6H2,1H3,(H,11,16)(H,14,15). The number of aliphatic hydroxyl groups is 1. The van der Waals surface area contributed by atoms with Crippen molar-refractivity contribution in [3.05, 3.63) is 0 Å². The minimum atomic E-state index is -1.11. The third kappa shape index (κ3) is 3.86. The van der Waals surface area contributed by atoms with Gasteiger partial charge in [-0.3, -0.25) is 0 Å². The van der Waals surface area contributed by atoms with Gasteiger partial charge in [-0.2, -0.15) is 0 Å². The summed E-state index contributed by atoms with van der Waals surface area (Å²) in [6.45, 7) is 1.10. The topological polar surface area (TPSA) is 99.1 Å². The van der Waals surface area contributed by atoms with Crippen LogP contribution in [0.25, 0.3) is 0 Å². The van der Waals surface area contributed by atoms with Crippen molar-refractivity contribution < 1.29 is 24.5 Å². The minimum Gasteiger partial charge on any atom is -0.479 e. The number of hydrogen-bond donors (Lipinski definition) is 3. The maximum absolute atomic E-state index is 11.6. The molecule has 0 aromatic heterocycles. The Kier molecular flexibility index (Phi) is 5.17. The van der Waals surface area contributed by atoms with Gasteiger partial charge in [-0.25, -0.2) is 9.59 Å². The normalized spacial score (nSPS) is 21.3. The smallest absolute Gasteiger partial charge is 0.334 e. The molecule has 0 aromatic rings. The molecule has 3 N–H and O–H groups in total. The molecular formula is C10H18N2O5. The number of hydrogen-bond acceptors (Lipinski definition) is 4. The van der Waals surface area contributed by atoms with E-state index < -0.39 is 12.1 Å². The van der Waals surface area contributed by atoms with Gasteiger partial charge in [0.2, 0.25) is 0 Å².